The number of esters is 1. The van der Waals surface area contributed by atoms with Crippen molar-refractivity contribution in [3.8, 4) is 11.4 Å². The van der Waals surface area contributed by atoms with Gasteiger partial charge in [-0.15, -0.1) is 0 Å². The fourth-order valence-electron chi connectivity index (χ4n) is 2.47. The lowest BCUT2D eigenvalue weighted by Gasteiger charge is -2.04. The lowest BCUT2D eigenvalue weighted by Crippen LogP contribution is -2.42. The molecule has 0 aliphatic heterocycles. The van der Waals surface area contributed by atoms with E-state index in [1.165, 1.54) is 36.1 Å². The summed E-state index contributed by atoms with van der Waals surface area (Å²) >= 11 is 0. The first-order chi connectivity index (χ1) is 13.5. The molecule has 0 bridgehead atoms. The highest BCUT2D eigenvalue weighted by molar-refractivity contribution is 6.01. The van der Waals surface area contributed by atoms with E-state index in [2.05, 4.69) is 10.6 Å². The molecule has 0 atom stereocenters. The summed E-state index contributed by atoms with van der Waals surface area (Å²) in [6.07, 6.45) is 0. The third-order valence-electron chi connectivity index (χ3n) is 3.85. The average molecular weight is 384 g/mol. The van der Waals surface area contributed by atoms with E-state index in [1.54, 1.807) is 31.2 Å². The van der Waals surface area contributed by atoms with Crippen molar-refractivity contribution in [1.29, 1.82) is 0 Å². The van der Waals surface area contributed by atoms with E-state index in [-0.39, 0.29) is 12.3 Å². The zero-order chi connectivity index (χ0) is 20.1. The summed E-state index contributed by atoms with van der Waals surface area (Å²) in [6.45, 7) is 1.99. The molecule has 0 radical (unpaired) electrons. The SMILES string of the molecule is CCOC(=O)c1ccc(NC(=O)c2c(=O)o[nH][n+]2-c2ccc(OC)cc2)cc1. The van der Waals surface area contributed by atoms with Gasteiger partial charge in [-0.2, -0.15) is 0 Å². The number of rotatable bonds is 6. The minimum Gasteiger partial charge on any atom is -0.497 e. The minimum absolute atomic E-state index is 0.236. The number of carbonyl (C=O) groups excluding carboxylic acids is 2. The van der Waals surface area contributed by atoms with Crippen molar-refractivity contribution in [3.63, 3.8) is 0 Å². The van der Waals surface area contributed by atoms with Crippen LogP contribution in [0.15, 0.2) is 57.8 Å². The number of ether oxygens (including phenoxy) is 2. The molecule has 0 spiro atoms. The number of aromatic nitrogens is 2. The normalized spacial score (nSPS) is 10.4. The molecule has 1 heterocycles. The quantitative estimate of drug-likeness (QED) is 0.494. The Hall–Kier alpha value is -3.88. The van der Waals surface area contributed by atoms with Crippen molar-refractivity contribution in [2.75, 3.05) is 19.0 Å². The maximum absolute atomic E-state index is 12.6. The Labute approximate surface area is 159 Å². The van der Waals surface area contributed by atoms with Gasteiger partial charge in [0.25, 0.3) is 0 Å². The second-order valence-electron chi connectivity index (χ2n) is 5.61. The first kappa shape index (κ1) is 18.9. The molecule has 1 amide bonds. The first-order valence-electron chi connectivity index (χ1n) is 8.40. The second kappa shape index (κ2) is 8.21. The van der Waals surface area contributed by atoms with Crippen LogP contribution in [0, 0.1) is 0 Å². The van der Waals surface area contributed by atoms with Gasteiger partial charge in [0.2, 0.25) is 5.69 Å². The summed E-state index contributed by atoms with van der Waals surface area (Å²) in [5, 5.41) is 5.00. The van der Waals surface area contributed by atoms with E-state index in [1.807, 2.05) is 0 Å². The molecule has 1 aromatic heterocycles. The molecule has 28 heavy (non-hydrogen) atoms. The maximum Gasteiger partial charge on any atom is 0.441 e. The van der Waals surface area contributed by atoms with Crippen molar-refractivity contribution < 1.29 is 28.3 Å². The van der Waals surface area contributed by atoms with Gasteiger partial charge in [0.1, 0.15) is 5.75 Å². The van der Waals surface area contributed by atoms with Crippen LogP contribution in [0.1, 0.15) is 27.8 Å². The molecule has 0 aliphatic rings. The summed E-state index contributed by atoms with van der Waals surface area (Å²) in [5.41, 5.74) is 0.208. The van der Waals surface area contributed by atoms with Gasteiger partial charge in [0.05, 0.1) is 19.3 Å². The molecule has 144 valence electrons. The smallest absolute Gasteiger partial charge is 0.441 e. The summed E-state index contributed by atoms with van der Waals surface area (Å²) in [5.74, 6) is -0.499. The minimum atomic E-state index is -0.823. The lowest BCUT2D eigenvalue weighted by atomic mass is 10.2. The van der Waals surface area contributed by atoms with Gasteiger partial charge in [0.15, 0.2) is 0 Å². The number of hydrogen-bond acceptors (Lipinski definition) is 6. The van der Waals surface area contributed by atoms with Gasteiger partial charge in [-0.1, -0.05) is 0 Å². The third kappa shape index (κ3) is 3.93. The Morgan fingerprint density at radius 3 is 2.39 bits per heavy atom. The third-order valence-corrected chi connectivity index (χ3v) is 3.85. The second-order valence-corrected chi connectivity index (χ2v) is 5.61. The predicted octanol–water partition coefficient (Wildman–Crippen LogP) is 1.68. The van der Waals surface area contributed by atoms with Crippen molar-refractivity contribution in [2.24, 2.45) is 0 Å². The molecule has 0 aliphatic carbocycles. The van der Waals surface area contributed by atoms with Crippen LogP contribution in [0.3, 0.4) is 0 Å². The van der Waals surface area contributed by atoms with E-state index >= 15 is 0 Å². The summed E-state index contributed by atoms with van der Waals surface area (Å²) < 4.78 is 16.0. The van der Waals surface area contributed by atoms with Crippen LogP contribution in [-0.2, 0) is 4.74 Å². The first-order valence-corrected chi connectivity index (χ1v) is 8.40. The number of amides is 1. The van der Waals surface area contributed by atoms with E-state index in [9.17, 15) is 14.4 Å². The number of carbonyl (C=O) groups is 2. The number of nitrogens with one attached hydrogen (secondary N) is 2. The summed E-state index contributed by atoms with van der Waals surface area (Å²) in [4.78, 5) is 36.3. The molecule has 2 aromatic carbocycles. The molecule has 9 nitrogen and oxygen atoms in total. The Morgan fingerprint density at radius 1 is 1.11 bits per heavy atom. The number of anilines is 1. The van der Waals surface area contributed by atoms with Gasteiger partial charge in [-0.05, 0) is 53.3 Å². The zero-order valence-corrected chi connectivity index (χ0v) is 15.2. The number of nitrogens with zero attached hydrogens (tertiary/aromatic N) is 1. The average Bonchev–Trinajstić information content (AvgIpc) is 3.10. The highest BCUT2D eigenvalue weighted by atomic mass is 16.5. The molecule has 0 unspecified atom stereocenters. The van der Waals surface area contributed by atoms with Crippen LogP contribution >= 0.6 is 0 Å². The van der Waals surface area contributed by atoms with Crippen LogP contribution in [0.2, 0.25) is 0 Å². The fraction of sp³-hybridized carbons (Fsp3) is 0.158. The molecule has 3 rings (SSSR count). The Morgan fingerprint density at radius 2 is 1.79 bits per heavy atom. The Balaban J connectivity index is 1.82. The van der Waals surface area contributed by atoms with Gasteiger partial charge >= 0.3 is 23.2 Å². The number of benzene rings is 2. The maximum atomic E-state index is 12.6. The highest BCUT2D eigenvalue weighted by Crippen LogP contribution is 2.13. The zero-order valence-electron chi connectivity index (χ0n) is 15.2. The van der Waals surface area contributed by atoms with E-state index in [4.69, 9.17) is 14.0 Å². The van der Waals surface area contributed by atoms with Gasteiger partial charge in [-0.25, -0.2) is 9.59 Å². The Kier molecular flexibility index (Phi) is 5.54. The van der Waals surface area contributed by atoms with Gasteiger partial charge < -0.3 is 14.8 Å². The lowest BCUT2D eigenvalue weighted by molar-refractivity contribution is -0.672. The number of H-pyrrole nitrogens is 1. The topological polar surface area (TPSA) is 115 Å². The monoisotopic (exact) mass is 384 g/mol. The fourth-order valence-corrected chi connectivity index (χ4v) is 2.47. The summed E-state index contributed by atoms with van der Waals surface area (Å²) in [7, 11) is 1.54. The van der Waals surface area contributed by atoms with Crippen LogP contribution in [0.5, 0.6) is 5.75 Å². The molecular weight excluding hydrogens is 366 g/mol. The molecule has 0 saturated carbocycles. The number of methoxy groups -OCH3 is 1. The van der Waals surface area contributed by atoms with Gasteiger partial charge in [0, 0.05) is 17.8 Å². The van der Waals surface area contributed by atoms with E-state index in [0.29, 0.717) is 22.7 Å². The van der Waals surface area contributed by atoms with Crippen molar-refractivity contribution in [1.82, 2.24) is 5.27 Å². The Bertz CT molecular complexity index is 1030. The number of aromatic amines is 1. The van der Waals surface area contributed by atoms with Crippen molar-refractivity contribution in [3.05, 3.63) is 70.2 Å². The molecule has 0 saturated heterocycles. The summed E-state index contributed by atoms with van der Waals surface area (Å²) in [6, 6.07) is 12.8. The van der Waals surface area contributed by atoms with Crippen molar-refractivity contribution >= 4 is 17.6 Å². The predicted molar refractivity (Wildman–Crippen MR) is 97.8 cm³/mol. The molecule has 9 heteroatoms. The molecular formula is C19H18N3O6+. The van der Waals surface area contributed by atoms with E-state index < -0.39 is 17.5 Å². The largest absolute Gasteiger partial charge is 0.497 e. The molecule has 2 N–H and O–H groups in total. The van der Waals surface area contributed by atoms with Crippen LogP contribution in [0.4, 0.5) is 5.69 Å². The van der Waals surface area contributed by atoms with Crippen LogP contribution in [0.25, 0.3) is 5.69 Å². The molecule has 0 fully saturated rings. The standard InChI is InChI=1S/C19H17N3O6/c1-3-27-18(24)12-4-6-13(7-5-12)20-17(23)16-19(25)28-21-22(16)14-8-10-15(26-2)11-9-14/h4-11H,3H2,1-2H3,(H-,20,21,23,24,25)/p+1. The van der Waals surface area contributed by atoms with Crippen LogP contribution in [-0.4, -0.2) is 30.9 Å². The highest BCUT2D eigenvalue weighted by Gasteiger charge is 2.31. The molecule has 3 aromatic rings. The van der Waals surface area contributed by atoms with Crippen molar-refractivity contribution in [2.45, 2.75) is 6.92 Å². The van der Waals surface area contributed by atoms with E-state index in [0.717, 1.165) is 0 Å². The van der Waals surface area contributed by atoms with Gasteiger partial charge in [-0.3, -0.25) is 9.32 Å². The number of hydrogen-bond donors (Lipinski definition) is 2. The van der Waals surface area contributed by atoms with Crippen LogP contribution < -0.4 is 20.4 Å².